The highest BCUT2D eigenvalue weighted by Crippen LogP contribution is 2.11. The zero-order chi connectivity index (χ0) is 12.3. The molecule has 2 aromatic rings. The van der Waals surface area contributed by atoms with Crippen LogP contribution in [0.2, 0.25) is 0 Å². The lowest BCUT2D eigenvalue weighted by Gasteiger charge is -2.05. The van der Waals surface area contributed by atoms with Crippen LogP contribution in [0.5, 0.6) is 0 Å². The van der Waals surface area contributed by atoms with Crippen LogP contribution in [0.15, 0.2) is 31.0 Å². The fourth-order valence-electron chi connectivity index (χ4n) is 1.47. The van der Waals surface area contributed by atoms with Crippen molar-refractivity contribution in [2.75, 3.05) is 0 Å². The maximum Gasteiger partial charge on any atom is 0.165 e. The van der Waals surface area contributed by atoms with Gasteiger partial charge in [-0.05, 0) is 6.07 Å². The molecular weight excluding hydrogens is 219 g/mol. The third kappa shape index (κ3) is 2.88. The van der Waals surface area contributed by atoms with Crippen molar-refractivity contribution >= 4 is 0 Å². The summed E-state index contributed by atoms with van der Waals surface area (Å²) in [5.41, 5.74) is 1.35. The molecule has 2 heterocycles. The van der Waals surface area contributed by atoms with E-state index >= 15 is 0 Å². The Morgan fingerprint density at radius 3 is 3.00 bits per heavy atom. The second-order valence-electron chi connectivity index (χ2n) is 4.13. The van der Waals surface area contributed by atoms with Crippen molar-refractivity contribution in [3.05, 3.63) is 42.5 Å². The van der Waals surface area contributed by atoms with Gasteiger partial charge >= 0.3 is 0 Å². The number of nitrogens with zero attached hydrogens (tertiary/aromatic N) is 3. The van der Waals surface area contributed by atoms with Crippen molar-refractivity contribution in [2.45, 2.75) is 26.4 Å². The van der Waals surface area contributed by atoms with Crippen LogP contribution in [0.3, 0.4) is 0 Å². The van der Waals surface area contributed by atoms with Gasteiger partial charge in [0.15, 0.2) is 5.82 Å². The molecule has 0 spiro atoms. The van der Waals surface area contributed by atoms with Crippen molar-refractivity contribution in [2.24, 2.45) is 0 Å². The summed E-state index contributed by atoms with van der Waals surface area (Å²) >= 11 is 0. The van der Waals surface area contributed by atoms with Gasteiger partial charge in [-0.25, -0.2) is 9.37 Å². The average Bonchev–Trinajstić information content (AvgIpc) is 2.75. The first kappa shape index (κ1) is 11.7. The summed E-state index contributed by atoms with van der Waals surface area (Å²) in [5, 5.41) is 3.26. The van der Waals surface area contributed by atoms with E-state index in [2.05, 4.69) is 29.1 Å². The molecular formula is C12H15FN4. The van der Waals surface area contributed by atoms with E-state index in [1.807, 2.05) is 6.20 Å². The van der Waals surface area contributed by atoms with Gasteiger partial charge in [-0.15, -0.1) is 0 Å². The molecule has 5 heteroatoms. The smallest absolute Gasteiger partial charge is 0.165 e. The first-order valence-electron chi connectivity index (χ1n) is 5.53. The van der Waals surface area contributed by atoms with Gasteiger partial charge < -0.3 is 9.88 Å². The molecule has 0 fully saturated rings. The van der Waals surface area contributed by atoms with Gasteiger partial charge in [0.2, 0.25) is 0 Å². The lowest BCUT2D eigenvalue weighted by molar-refractivity contribution is 0.582. The molecule has 4 nitrogen and oxygen atoms in total. The van der Waals surface area contributed by atoms with Crippen molar-refractivity contribution in [1.82, 2.24) is 19.9 Å². The molecule has 2 aromatic heterocycles. The van der Waals surface area contributed by atoms with E-state index < -0.39 is 0 Å². The van der Waals surface area contributed by atoms with Gasteiger partial charge in [-0.1, -0.05) is 13.8 Å². The third-order valence-electron chi connectivity index (χ3n) is 2.36. The van der Waals surface area contributed by atoms with Crippen LogP contribution < -0.4 is 5.32 Å². The minimum atomic E-state index is -0.353. The molecule has 0 aliphatic heterocycles. The predicted octanol–water partition coefficient (Wildman–Crippen LogP) is 1.90. The number of nitrogens with one attached hydrogen (secondary N) is 1. The molecule has 2 rings (SSSR count). The number of hydrogen-bond donors (Lipinski definition) is 1. The van der Waals surface area contributed by atoms with E-state index in [1.54, 1.807) is 23.2 Å². The topological polar surface area (TPSA) is 42.7 Å². The maximum atomic E-state index is 13.5. The number of imidazole rings is 1. The van der Waals surface area contributed by atoms with Crippen LogP contribution >= 0.6 is 0 Å². The lowest BCUT2D eigenvalue weighted by Crippen LogP contribution is -2.21. The highest BCUT2D eigenvalue weighted by Gasteiger charge is 2.05. The second-order valence-corrected chi connectivity index (χ2v) is 4.13. The molecule has 1 N–H and O–H groups in total. The minimum absolute atomic E-state index is 0.353. The van der Waals surface area contributed by atoms with Crippen molar-refractivity contribution < 1.29 is 4.39 Å². The summed E-state index contributed by atoms with van der Waals surface area (Å²) in [5.74, 6) is -0.353. The van der Waals surface area contributed by atoms with Crippen LogP contribution in [0, 0.1) is 5.82 Å². The normalized spacial score (nSPS) is 11.1. The molecule has 0 aliphatic rings. The van der Waals surface area contributed by atoms with Gasteiger partial charge in [-0.3, -0.25) is 4.98 Å². The van der Waals surface area contributed by atoms with Crippen molar-refractivity contribution in [3.63, 3.8) is 0 Å². The van der Waals surface area contributed by atoms with Gasteiger partial charge in [0.25, 0.3) is 0 Å². The third-order valence-corrected chi connectivity index (χ3v) is 2.36. The predicted molar refractivity (Wildman–Crippen MR) is 63.3 cm³/mol. The van der Waals surface area contributed by atoms with E-state index in [9.17, 15) is 4.39 Å². The van der Waals surface area contributed by atoms with Crippen molar-refractivity contribution in [1.29, 1.82) is 0 Å². The number of rotatable bonds is 4. The molecule has 0 saturated carbocycles. The highest BCUT2D eigenvalue weighted by atomic mass is 19.1. The van der Waals surface area contributed by atoms with Crippen LogP contribution in [-0.4, -0.2) is 20.6 Å². The second kappa shape index (κ2) is 5.05. The van der Waals surface area contributed by atoms with Crippen LogP contribution in [0.4, 0.5) is 4.39 Å². The molecule has 0 atom stereocenters. The maximum absolute atomic E-state index is 13.5. The molecule has 0 bridgehead atoms. The Morgan fingerprint density at radius 2 is 2.29 bits per heavy atom. The number of halogens is 1. The van der Waals surface area contributed by atoms with Crippen molar-refractivity contribution in [3.8, 4) is 5.69 Å². The first-order valence-corrected chi connectivity index (χ1v) is 5.53. The molecule has 0 aliphatic carbocycles. The molecule has 0 unspecified atom stereocenters. The summed E-state index contributed by atoms with van der Waals surface area (Å²) in [6, 6.07) is 2.02. The quantitative estimate of drug-likeness (QED) is 0.878. The Hall–Kier alpha value is -1.75. The van der Waals surface area contributed by atoms with Gasteiger partial charge in [0, 0.05) is 25.0 Å². The molecule has 17 heavy (non-hydrogen) atoms. The summed E-state index contributed by atoms with van der Waals surface area (Å²) in [7, 11) is 0. The SMILES string of the molecule is CC(C)NCc1cn(-c2ccncc2F)cn1. The zero-order valence-electron chi connectivity index (χ0n) is 9.89. The minimum Gasteiger partial charge on any atom is -0.309 e. The van der Waals surface area contributed by atoms with E-state index in [0.29, 0.717) is 18.3 Å². The fourth-order valence-corrected chi connectivity index (χ4v) is 1.47. The van der Waals surface area contributed by atoms with Crippen LogP contribution in [0.25, 0.3) is 5.69 Å². The summed E-state index contributed by atoms with van der Waals surface area (Å²) in [6.45, 7) is 4.82. The van der Waals surface area contributed by atoms with Crippen LogP contribution in [-0.2, 0) is 6.54 Å². The zero-order valence-corrected chi connectivity index (χ0v) is 9.89. The lowest BCUT2D eigenvalue weighted by atomic mass is 10.3. The monoisotopic (exact) mass is 234 g/mol. The molecule has 90 valence electrons. The molecule has 0 amide bonds. The fraction of sp³-hybridized carbons (Fsp3) is 0.333. The first-order chi connectivity index (χ1) is 8.16. The Kier molecular flexibility index (Phi) is 3.49. The van der Waals surface area contributed by atoms with E-state index in [4.69, 9.17) is 0 Å². The van der Waals surface area contributed by atoms with Gasteiger partial charge in [-0.2, -0.15) is 0 Å². The Balaban J connectivity index is 2.16. The highest BCUT2D eigenvalue weighted by molar-refractivity contribution is 5.31. The number of hydrogen-bond acceptors (Lipinski definition) is 3. The Morgan fingerprint density at radius 1 is 1.47 bits per heavy atom. The van der Waals surface area contributed by atoms with E-state index in [1.165, 1.54) is 6.20 Å². The van der Waals surface area contributed by atoms with Crippen LogP contribution in [0.1, 0.15) is 19.5 Å². The average molecular weight is 234 g/mol. The molecule has 0 radical (unpaired) electrons. The van der Waals surface area contributed by atoms with Gasteiger partial charge in [0.1, 0.15) is 0 Å². The molecule has 0 saturated heterocycles. The van der Waals surface area contributed by atoms with E-state index in [0.717, 1.165) is 5.69 Å². The van der Waals surface area contributed by atoms with Gasteiger partial charge in [0.05, 0.1) is 23.9 Å². The summed E-state index contributed by atoms with van der Waals surface area (Å²) in [4.78, 5) is 7.93. The summed E-state index contributed by atoms with van der Waals surface area (Å²) in [6.07, 6.45) is 6.18. The Bertz CT molecular complexity index is 493. The standard InChI is InChI=1S/C12H15FN4/c1-9(2)15-5-10-7-17(8-16-10)12-3-4-14-6-11(12)13/h3-4,6-9,15H,5H2,1-2H3. The Labute approximate surface area is 99.5 Å². The number of pyridine rings is 1. The molecule has 0 aromatic carbocycles. The largest absolute Gasteiger partial charge is 0.309 e. The number of aromatic nitrogens is 3. The summed E-state index contributed by atoms with van der Waals surface area (Å²) < 4.78 is 15.1. The van der Waals surface area contributed by atoms with E-state index in [-0.39, 0.29) is 5.82 Å².